The van der Waals surface area contributed by atoms with Gasteiger partial charge < -0.3 is 10.1 Å². The van der Waals surface area contributed by atoms with Gasteiger partial charge in [0, 0.05) is 11.0 Å². The molecule has 0 aliphatic heterocycles. The van der Waals surface area contributed by atoms with Crippen LogP contribution < -0.4 is 0 Å². The third kappa shape index (κ3) is 3.56. The Hall–Kier alpha value is -2.45. The molecule has 1 unspecified atom stereocenters. The minimum Gasteiger partial charge on any atom is -0.390 e. The van der Waals surface area contributed by atoms with E-state index in [9.17, 15) is 23.3 Å². The Morgan fingerprint density at radius 3 is 2.43 bits per heavy atom. The van der Waals surface area contributed by atoms with Crippen molar-refractivity contribution < 1.29 is 18.1 Å². The molecule has 0 saturated heterocycles. The normalized spacial score (nSPS) is 13.1. The van der Waals surface area contributed by atoms with Crippen LogP contribution in [0.25, 0.3) is 0 Å². The van der Waals surface area contributed by atoms with Gasteiger partial charge in [0.1, 0.15) is 0 Å². The number of benzene rings is 1. The summed E-state index contributed by atoms with van der Waals surface area (Å²) in [5.41, 5.74) is -0.0315. The molecule has 1 atom stereocenters. The Morgan fingerprint density at radius 1 is 1.33 bits per heavy atom. The second-order valence-electron chi connectivity index (χ2n) is 4.54. The molecule has 0 aliphatic rings. The highest BCUT2D eigenvalue weighted by atomic mass is 19.4. The van der Waals surface area contributed by atoms with Gasteiger partial charge in [-0.3, -0.25) is 0 Å². The van der Waals surface area contributed by atoms with E-state index in [4.69, 9.17) is 0 Å². The van der Waals surface area contributed by atoms with Crippen LogP contribution in [0, 0.1) is 10.1 Å². The average Bonchev–Trinajstić information content (AvgIpc) is 2.86. The van der Waals surface area contributed by atoms with E-state index in [-0.39, 0.29) is 12.5 Å². The van der Waals surface area contributed by atoms with E-state index in [1.165, 1.54) is 23.1 Å². The number of aromatic nitrogens is 3. The van der Waals surface area contributed by atoms with Crippen molar-refractivity contribution in [2.75, 3.05) is 0 Å². The van der Waals surface area contributed by atoms with Crippen LogP contribution in [0.2, 0.25) is 0 Å². The van der Waals surface area contributed by atoms with E-state index in [2.05, 4.69) is 10.1 Å². The van der Waals surface area contributed by atoms with E-state index in [1.54, 1.807) is 6.92 Å². The summed E-state index contributed by atoms with van der Waals surface area (Å²) in [6.45, 7) is 2.07. The molecule has 2 aromatic rings. The largest absolute Gasteiger partial charge is 0.490 e. The van der Waals surface area contributed by atoms with Crippen molar-refractivity contribution in [3.8, 4) is 0 Å². The molecule has 0 amide bonds. The first-order valence-corrected chi connectivity index (χ1v) is 5.98. The molecule has 1 aromatic carbocycles. The number of nitrogens with zero attached hydrogens (tertiary/aromatic N) is 4. The first kappa shape index (κ1) is 14.9. The molecule has 0 fully saturated rings. The molecule has 6 nitrogen and oxygen atoms in total. The third-order valence-corrected chi connectivity index (χ3v) is 2.96. The zero-order valence-corrected chi connectivity index (χ0v) is 10.9. The lowest BCUT2D eigenvalue weighted by Crippen LogP contribution is -2.09. The highest BCUT2D eigenvalue weighted by Gasteiger charge is 2.30. The van der Waals surface area contributed by atoms with E-state index in [0.717, 1.165) is 12.1 Å². The molecule has 1 aromatic heterocycles. The van der Waals surface area contributed by atoms with Gasteiger partial charge in [-0.1, -0.05) is 24.0 Å². The Labute approximate surface area is 117 Å². The predicted molar refractivity (Wildman–Crippen MR) is 66.5 cm³/mol. The van der Waals surface area contributed by atoms with Gasteiger partial charge in [0.2, 0.25) is 6.33 Å². The van der Waals surface area contributed by atoms with E-state index in [1.807, 2.05) is 0 Å². The third-order valence-electron chi connectivity index (χ3n) is 2.96. The molecule has 112 valence electrons. The van der Waals surface area contributed by atoms with Crippen LogP contribution in [0.3, 0.4) is 0 Å². The van der Waals surface area contributed by atoms with Crippen LogP contribution in [0.4, 0.5) is 19.1 Å². The predicted octanol–water partition coefficient (Wildman–Crippen LogP) is 3.01. The number of nitro groups is 1. The van der Waals surface area contributed by atoms with Crippen LogP contribution in [-0.4, -0.2) is 19.7 Å². The maximum atomic E-state index is 12.5. The zero-order valence-electron chi connectivity index (χ0n) is 10.9. The SMILES string of the molecule is CC(Cn1cnc([N+](=O)[O-])n1)c1ccc(C(F)(F)F)cc1. The molecular weight excluding hydrogens is 289 g/mol. The number of hydrogen-bond acceptors (Lipinski definition) is 4. The lowest BCUT2D eigenvalue weighted by atomic mass is 10.00. The Morgan fingerprint density at radius 2 is 1.95 bits per heavy atom. The van der Waals surface area contributed by atoms with Gasteiger partial charge >= 0.3 is 12.1 Å². The smallest absolute Gasteiger partial charge is 0.390 e. The van der Waals surface area contributed by atoms with Gasteiger partial charge in [0.25, 0.3) is 0 Å². The van der Waals surface area contributed by atoms with Crippen LogP contribution in [0.15, 0.2) is 30.6 Å². The van der Waals surface area contributed by atoms with E-state index >= 15 is 0 Å². The lowest BCUT2D eigenvalue weighted by molar-refractivity contribution is -0.394. The number of halogens is 3. The maximum absolute atomic E-state index is 12.5. The molecular formula is C12H11F3N4O2. The van der Waals surface area contributed by atoms with Crippen LogP contribution in [0.1, 0.15) is 24.0 Å². The molecule has 9 heteroatoms. The second kappa shape index (κ2) is 5.51. The summed E-state index contributed by atoms with van der Waals surface area (Å²) in [6, 6.07) is 4.79. The molecule has 0 aliphatic carbocycles. The maximum Gasteiger partial charge on any atom is 0.490 e. The molecule has 0 spiro atoms. The average molecular weight is 300 g/mol. The van der Waals surface area contributed by atoms with Gasteiger partial charge in [-0.2, -0.15) is 17.9 Å². The number of alkyl halides is 3. The molecule has 21 heavy (non-hydrogen) atoms. The fourth-order valence-electron chi connectivity index (χ4n) is 1.84. The summed E-state index contributed by atoms with van der Waals surface area (Å²) in [4.78, 5) is 13.3. The van der Waals surface area contributed by atoms with Crippen molar-refractivity contribution in [2.24, 2.45) is 0 Å². The Balaban J connectivity index is 2.09. The van der Waals surface area contributed by atoms with Crippen LogP contribution in [0.5, 0.6) is 0 Å². The topological polar surface area (TPSA) is 73.8 Å². The van der Waals surface area contributed by atoms with Gasteiger partial charge in [0.05, 0.1) is 12.1 Å². The summed E-state index contributed by atoms with van der Waals surface area (Å²) < 4.78 is 38.7. The molecule has 0 N–H and O–H groups in total. The van der Waals surface area contributed by atoms with Gasteiger partial charge in [-0.05, 0) is 22.6 Å². The zero-order chi connectivity index (χ0) is 15.6. The van der Waals surface area contributed by atoms with Crippen molar-refractivity contribution >= 4 is 5.95 Å². The van der Waals surface area contributed by atoms with Crippen molar-refractivity contribution in [1.82, 2.24) is 14.8 Å². The lowest BCUT2D eigenvalue weighted by Gasteiger charge is -2.12. The summed E-state index contributed by atoms with van der Waals surface area (Å²) >= 11 is 0. The molecule has 1 heterocycles. The van der Waals surface area contributed by atoms with Gasteiger partial charge in [-0.25, -0.2) is 0 Å². The summed E-state index contributed by atoms with van der Waals surface area (Å²) in [5, 5.41) is 14.1. The highest BCUT2D eigenvalue weighted by molar-refractivity contribution is 5.26. The minimum absolute atomic E-state index is 0.159. The Kier molecular flexibility index (Phi) is 3.92. The minimum atomic E-state index is -4.37. The van der Waals surface area contributed by atoms with E-state index < -0.39 is 22.6 Å². The van der Waals surface area contributed by atoms with Crippen molar-refractivity contribution in [1.29, 1.82) is 0 Å². The highest BCUT2D eigenvalue weighted by Crippen LogP contribution is 2.30. The number of hydrogen-bond donors (Lipinski definition) is 0. The van der Waals surface area contributed by atoms with Crippen LogP contribution >= 0.6 is 0 Å². The quantitative estimate of drug-likeness (QED) is 0.642. The van der Waals surface area contributed by atoms with Gasteiger partial charge in [0.15, 0.2) is 0 Å². The fourth-order valence-corrected chi connectivity index (χ4v) is 1.84. The first-order valence-electron chi connectivity index (χ1n) is 5.98. The summed E-state index contributed by atoms with van der Waals surface area (Å²) in [5.74, 6) is -0.664. The molecule has 0 bridgehead atoms. The molecule has 2 rings (SSSR count). The second-order valence-corrected chi connectivity index (χ2v) is 4.54. The fraction of sp³-hybridized carbons (Fsp3) is 0.333. The van der Waals surface area contributed by atoms with Crippen LogP contribution in [-0.2, 0) is 12.7 Å². The first-order chi connectivity index (χ1) is 9.77. The monoisotopic (exact) mass is 300 g/mol. The number of rotatable bonds is 4. The van der Waals surface area contributed by atoms with E-state index in [0.29, 0.717) is 5.56 Å². The van der Waals surface area contributed by atoms with Gasteiger partial charge in [-0.15, -0.1) is 0 Å². The molecule has 0 saturated carbocycles. The van der Waals surface area contributed by atoms with Crippen molar-refractivity contribution in [2.45, 2.75) is 25.6 Å². The standard InChI is InChI=1S/C12H11F3N4O2/c1-8(6-18-7-16-11(17-18)19(20)21)9-2-4-10(5-3-9)12(13,14)15/h2-5,7-8H,6H2,1H3. The van der Waals surface area contributed by atoms with Crippen molar-refractivity contribution in [3.05, 3.63) is 51.8 Å². The summed E-state index contributed by atoms with van der Waals surface area (Å²) in [6.07, 6.45) is -3.15. The Bertz CT molecular complexity index is 637. The summed E-state index contributed by atoms with van der Waals surface area (Å²) in [7, 11) is 0. The van der Waals surface area contributed by atoms with Crippen molar-refractivity contribution in [3.63, 3.8) is 0 Å². The molecule has 0 radical (unpaired) electrons.